The minimum Gasteiger partial charge on any atom is -0.372 e. The van der Waals surface area contributed by atoms with Gasteiger partial charge in [-0.1, -0.05) is 11.6 Å². The van der Waals surface area contributed by atoms with Crippen LogP contribution in [0.2, 0.25) is 5.02 Å². The predicted octanol–water partition coefficient (Wildman–Crippen LogP) is 3.12. The Kier molecular flexibility index (Phi) is 4.30. The molecule has 1 aromatic rings. The fourth-order valence-corrected chi connectivity index (χ4v) is 2.67. The molecule has 0 unspecified atom stereocenters. The monoisotopic (exact) mass is 252 g/mol. The topological polar surface area (TPSA) is 6.48 Å². The van der Waals surface area contributed by atoms with Crippen molar-refractivity contribution >= 4 is 17.3 Å². The average Bonchev–Trinajstić information content (AvgIpc) is 2.30. The number of rotatable bonds is 3. The van der Waals surface area contributed by atoms with Crippen LogP contribution in [-0.4, -0.2) is 38.6 Å². The Hall–Kier alpha value is -0.730. The molecule has 0 bridgehead atoms. The van der Waals surface area contributed by atoms with Crippen LogP contribution in [0.25, 0.3) is 0 Å². The van der Waals surface area contributed by atoms with Gasteiger partial charge in [-0.25, -0.2) is 0 Å². The number of benzene rings is 1. The predicted molar refractivity (Wildman–Crippen MR) is 74.9 cm³/mol. The lowest BCUT2D eigenvalue weighted by Gasteiger charge is -2.34. The summed E-state index contributed by atoms with van der Waals surface area (Å²) >= 11 is 5.91. The first kappa shape index (κ1) is 12.7. The molecule has 0 N–H and O–H groups in total. The standard InChI is InChI=1S/C14H21ClN2/c1-16(2)11-12-7-9-17(10-8-12)14-5-3-13(15)4-6-14/h3-6,12H,7-11H2,1-2H3. The smallest absolute Gasteiger partial charge is 0.0407 e. The molecule has 0 aromatic heterocycles. The fourth-order valence-electron chi connectivity index (χ4n) is 2.54. The molecule has 1 aliphatic heterocycles. The summed E-state index contributed by atoms with van der Waals surface area (Å²) in [5.74, 6) is 0.855. The van der Waals surface area contributed by atoms with Crippen LogP contribution in [0.4, 0.5) is 5.69 Å². The van der Waals surface area contributed by atoms with Gasteiger partial charge in [0, 0.05) is 30.3 Å². The molecule has 3 heteroatoms. The van der Waals surface area contributed by atoms with Gasteiger partial charge in [0.15, 0.2) is 0 Å². The van der Waals surface area contributed by atoms with Crippen molar-refractivity contribution in [3.63, 3.8) is 0 Å². The van der Waals surface area contributed by atoms with Gasteiger partial charge in [-0.2, -0.15) is 0 Å². The van der Waals surface area contributed by atoms with Gasteiger partial charge in [0.1, 0.15) is 0 Å². The maximum atomic E-state index is 5.91. The molecular weight excluding hydrogens is 232 g/mol. The van der Waals surface area contributed by atoms with Gasteiger partial charge in [0.2, 0.25) is 0 Å². The third-order valence-corrected chi connectivity index (χ3v) is 3.68. The molecule has 1 fully saturated rings. The molecule has 0 radical (unpaired) electrons. The lowest BCUT2D eigenvalue weighted by atomic mass is 9.96. The van der Waals surface area contributed by atoms with E-state index < -0.39 is 0 Å². The third kappa shape index (κ3) is 3.62. The molecule has 2 rings (SSSR count). The molecule has 0 atom stereocenters. The van der Waals surface area contributed by atoms with Gasteiger partial charge in [-0.3, -0.25) is 0 Å². The van der Waals surface area contributed by atoms with Crippen LogP contribution in [-0.2, 0) is 0 Å². The number of hydrogen-bond donors (Lipinski definition) is 0. The number of piperidine rings is 1. The average molecular weight is 253 g/mol. The Balaban J connectivity index is 1.88. The van der Waals surface area contributed by atoms with Crippen molar-refractivity contribution in [3.05, 3.63) is 29.3 Å². The van der Waals surface area contributed by atoms with Crippen molar-refractivity contribution in [1.82, 2.24) is 4.90 Å². The van der Waals surface area contributed by atoms with E-state index in [1.165, 1.54) is 38.2 Å². The molecule has 0 saturated carbocycles. The van der Waals surface area contributed by atoms with Crippen LogP contribution >= 0.6 is 11.6 Å². The number of anilines is 1. The Bertz CT molecular complexity index is 340. The van der Waals surface area contributed by atoms with Gasteiger partial charge in [-0.05, 0) is 57.1 Å². The normalized spacial score (nSPS) is 17.8. The van der Waals surface area contributed by atoms with Crippen molar-refractivity contribution in [2.45, 2.75) is 12.8 Å². The Morgan fingerprint density at radius 1 is 1.18 bits per heavy atom. The Morgan fingerprint density at radius 2 is 1.76 bits per heavy atom. The summed E-state index contributed by atoms with van der Waals surface area (Å²) in [4.78, 5) is 4.76. The molecule has 1 saturated heterocycles. The van der Waals surface area contributed by atoms with Crippen LogP contribution < -0.4 is 4.90 Å². The van der Waals surface area contributed by atoms with Crippen LogP contribution in [0.5, 0.6) is 0 Å². The number of halogens is 1. The molecule has 17 heavy (non-hydrogen) atoms. The summed E-state index contributed by atoms with van der Waals surface area (Å²) in [6, 6.07) is 8.19. The van der Waals surface area contributed by atoms with Crippen LogP contribution in [0.1, 0.15) is 12.8 Å². The molecule has 1 aliphatic rings. The first-order valence-electron chi connectivity index (χ1n) is 6.30. The zero-order valence-corrected chi connectivity index (χ0v) is 11.5. The molecule has 0 amide bonds. The number of nitrogens with zero attached hydrogens (tertiary/aromatic N) is 2. The van der Waals surface area contributed by atoms with Crippen LogP contribution in [0.15, 0.2) is 24.3 Å². The van der Waals surface area contributed by atoms with Crippen LogP contribution in [0, 0.1) is 5.92 Å². The molecule has 1 heterocycles. The molecule has 94 valence electrons. The SMILES string of the molecule is CN(C)CC1CCN(c2ccc(Cl)cc2)CC1. The second kappa shape index (κ2) is 5.74. The van der Waals surface area contributed by atoms with Gasteiger partial charge in [-0.15, -0.1) is 0 Å². The van der Waals surface area contributed by atoms with E-state index in [0.717, 1.165) is 10.9 Å². The van der Waals surface area contributed by atoms with E-state index in [0.29, 0.717) is 0 Å². The van der Waals surface area contributed by atoms with E-state index in [1.54, 1.807) is 0 Å². The molecule has 0 aliphatic carbocycles. The summed E-state index contributed by atoms with van der Waals surface area (Å²) in [6.07, 6.45) is 2.58. The first-order chi connectivity index (χ1) is 8.15. The van der Waals surface area contributed by atoms with Crippen molar-refractivity contribution in [2.24, 2.45) is 5.92 Å². The highest BCUT2D eigenvalue weighted by atomic mass is 35.5. The van der Waals surface area contributed by atoms with Crippen molar-refractivity contribution in [3.8, 4) is 0 Å². The zero-order valence-electron chi connectivity index (χ0n) is 10.7. The summed E-state index contributed by atoms with van der Waals surface area (Å²) < 4.78 is 0. The van der Waals surface area contributed by atoms with Crippen molar-refractivity contribution < 1.29 is 0 Å². The molecule has 0 spiro atoms. The summed E-state index contributed by atoms with van der Waals surface area (Å²) in [5, 5.41) is 0.816. The van der Waals surface area contributed by atoms with E-state index in [4.69, 9.17) is 11.6 Å². The van der Waals surface area contributed by atoms with Crippen molar-refractivity contribution in [2.75, 3.05) is 38.6 Å². The minimum absolute atomic E-state index is 0.816. The van der Waals surface area contributed by atoms with E-state index in [9.17, 15) is 0 Å². The Labute approximate surface area is 109 Å². The summed E-state index contributed by atoms with van der Waals surface area (Å²) in [6.45, 7) is 3.55. The lowest BCUT2D eigenvalue weighted by Crippen LogP contribution is -2.37. The second-order valence-corrected chi connectivity index (χ2v) is 5.61. The Morgan fingerprint density at radius 3 is 2.29 bits per heavy atom. The largest absolute Gasteiger partial charge is 0.372 e. The van der Waals surface area contributed by atoms with Crippen molar-refractivity contribution in [1.29, 1.82) is 0 Å². The fraction of sp³-hybridized carbons (Fsp3) is 0.571. The van der Waals surface area contributed by atoms with E-state index in [-0.39, 0.29) is 0 Å². The van der Waals surface area contributed by atoms with E-state index in [2.05, 4.69) is 36.0 Å². The highest BCUT2D eigenvalue weighted by Crippen LogP contribution is 2.24. The second-order valence-electron chi connectivity index (χ2n) is 5.17. The van der Waals surface area contributed by atoms with Gasteiger partial charge in [0.25, 0.3) is 0 Å². The minimum atomic E-state index is 0.816. The quantitative estimate of drug-likeness (QED) is 0.816. The molecular formula is C14H21ClN2. The highest BCUT2D eigenvalue weighted by molar-refractivity contribution is 6.30. The summed E-state index contributed by atoms with van der Waals surface area (Å²) in [7, 11) is 4.32. The van der Waals surface area contributed by atoms with Gasteiger partial charge < -0.3 is 9.80 Å². The first-order valence-corrected chi connectivity index (χ1v) is 6.68. The van der Waals surface area contributed by atoms with E-state index >= 15 is 0 Å². The third-order valence-electron chi connectivity index (χ3n) is 3.43. The molecule has 2 nitrogen and oxygen atoms in total. The maximum absolute atomic E-state index is 5.91. The highest BCUT2D eigenvalue weighted by Gasteiger charge is 2.19. The maximum Gasteiger partial charge on any atom is 0.0407 e. The van der Waals surface area contributed by atoms with Gasteiger partial charge >= 0.3 is 0 Å². The zero-order chi connectivity index (χ0) is 12.3. The van der Waals surface area contributed by atoms with Gasteiger partial charge in [0.05, 0.1) is 0 Å². The lowest BCUT2D eigenvalue weighted by molar-refractivity contribution is 0.285. The molecule has 1 aromatic carbocycles. The number of hydrogen-bond acceptors (Lipinski definition) is 2. The van der Waals surface area contributed by atoms with E-state index in [1.807, 2.05) is 12.1 Å². The summed E-state index contributed by atoms with van der Waals surface area (Å²) in [5.41, 5.74) is 1.30. The van der Waals surface area contributed by atoms with Crippen LogP contribution in [0.3, 0.4) is 0 Å².